The minimum atomic E-state index is -0.484. The van der Waals surface area contributed by atoms with Crippen LogP contribution in [0.15, 0.2) is 89.6 Å². The van der Waals surface area contributed by atoms with E-state index in [9.17, 15) is 9.59 Å². The number of Topliss-reactive ketones (excluding diaryl/α,β-unsaturated/α-hetero) is 2. The summed E-state index contributed by atoms with van der Waals surface area (Å²) in [6.07, 6.45) is 3.46. The first-order chi connectivity index (χ1) is 19.1. The van der Waals surface area contributed by atoms with Crippen molar-refractivity contribution in [3.8, 4) is 5.75 Å². The van der Waals surface area contributed by atoms with Crippen LogP contribution >= 0.6 is 0 Å². The third-order valence-corrected chi connectivity index (χ3v) is 8.10. The van der Waals surface area contributed by atoms with E-state index in [1.54, 1.807) is 18.2 Å². The Kier molecular flexibility index (Phi) is 5.78. The monoisotopic (exact) mass is 516 g/mol. The minimum Gasteiger partial charge on any atom is -0.468 e. The van der Waals surface area contributed by atoms with Gasteiger partial charge in [0.05, 0.1) is 5.57 Å². The fourth-order valence-corrected chi connectivity index (χ4v) is 6.12. The lowest BCUT2D eigenvalue weighted by Crippen LogP contribution is -2.73. The highest BCUT2D eigenvalue weighted by molar-refractivity contribution is 6.39. The second kappa shape index (κ2) is 9.47. The summed E-state index contributed by atoms with van der Waals surface area (Å²) in [6, 6.07) is 21.7. The number of allylic oxidation sites excluding steroid dienone is 1. The molecule has 0 aromatic heterocycles. The lowest BCUT2D eigenvalue weighted by atomic mass is 9.76. The van der Waals surface area contributed by atoms with Crippen LogP contribution in [0.1, 0.15) is 43.8 Å². The van der Waals surface area contributed by atoms with E-state index in [0.717, 1.165) is 49.5 Å². The molecule has 0 bridgehead atoms. The normalized spacial score (nSPS) is 19.6. The molecule has 0 fully saturated rings. The van der Waals surface area contributed by atoms with Crippen molar-refractivity contribution in [3.05, 3.63) is 117 Å². The molecule has 2 heterocycles. The van der Waals surface area contributed by atoms with Gasteiger partial charge in [0.15, 0.2) is 11.5 Å². The van der Waals surface area contributed by atoms with E-state index >= 15 is 0 Å². The van der Waals surface area contributed by atoms with Crippen LogP contribution in [0.2, 0.25) is 0 Å². The van der Waals surface area contributed by atoms with Crippen molar-refractivity contribution >= 4 is 23.0 Å². The number of ketones is 2. The molecular weight excluding hydrogens is 486 g/mol. The topological polar surface area (TPSA) is 72.6 Å². The summed E-state index contributed by atoms with van der Waals surface area (Å²) in [5, 5.41) is 3.51. The van der Waals surface area contributed by atoms with Crippen LogP contribution in [0.5, 0.6) is 5.75 Å². The Bertz CT molecular complexity index is 1630. The number of hydrogen-bond acceptors (Lipinski definition) is 5. The second-order valence-corrected chi connectivity index (χ2v) is 10.7. The first kappa shape index (κ1) is 23.8. The Morgan fingerprint density at radius 2 is 1.69 bits per heavy atom. The minimum absolute atomic E-state index is 0.130. The summed E-state index contributed by atoms with van der Waals surface area (Å²) in [4.78, 5) is 33.5. The van der Waals surface area contributed by atoms with Gasteiger partial charge < -0.3 is 10.1 Å². The van der Waals surface area contributed by atoms with Gasteiger partial charge in [-0.05, 0) is 48.6 Å². The van der Waals surface area contributed by atoms with E-state index in [4.69, 9.17) is 4.74 Å². The Balaban J connectivity index is 1.16. The number of fused-ring (bicyclic) bond motifs is 5. The molecule has 6 heteroatoms. The molecule has 4 aliphatic rings. The molecule has 39 heavy (non-hydrogen) atoms. The number of rotatable bonds is 5. The van der Waals surface area contributed by atoms with Gasteiger partial charge >= 0.3 is 0 Å². The van der Waals surface area contributed by atoms with E-state index in [1.165, 1.54) is 11.1 Å². The zero-order chi connectivity index (χ0) is 26.5. The van der Waals surface area contributed by atoms with Crippen LogP contribution in [0.3, 0.4) is 0 Å². The Labute approximate surface area is 227 Å². The van der Waals surface area contributed by atoms with E-state index in [-0.39, 0.29) is 11.6 Å². The SMILES string of the molecule is Cc1ccc2c(c1)[NH+]=C1C3=C(C(=O)c4ccccc4C3=O)C(NCCCN3CCc4ccccc4C3)=CC1O2. The fourth-order valence-electron chi connectivity index (χ4n) is 6.12. The lowest BCUT2D eigenvalue weighted by molar-refractivity contribution is -0.363. The molecule has 2 N–H and O–H groups in total. The van der Waals surface area contributed by atoms with Gasteiger partial charge in [0.25, 0.3) is 0 Å². The maximum atomic E-state index is 13.8. The Morgan fingerprint density at radius 1 is 0.949 bits per heavy atom. The van der Waals surface area contributed by atoms with Crippen molar-refractivity contribution < 1.29 is 19.3 Å². The molecule has 1 unspecified atom stereocenters. The van der Waals surface area contributed by atoms with Gasteiger partial charge in [-0.25, -0.2) is 4.99 Å². The van der Waals surface area contributed by atoms with Gasteiger partial charge in [0.1, 0.15) is 5.57 Å². The first-order valence-electron chi connectivity index (χ1n) is 13.7. The highest BCUT2D eigenvalue weighted by Crippen LogP contribution is 2.36. The standard InChI is InChI=1S/C33H29N3O3/c1-20-11-12-27-25(17-20)35-31-28(39-27)18-26(29-30(31)33(38)24-10-5-4-9-23(24)32(29)37)34-14-6-15-36-16-13-21-7-2-3-8-22(21)19-36/h2-5,7-12,17-18,28,34H,6,13-16,19H2,1H3/p+1. The zero-order valence-electron chi connectivity index (χ0n) is 21.9. The molecule has 1 atom stereocenters. The Hall–Kier alpha value is -4.29. The summed E-state index contributed by atoms with van der Waals surface area (Å²) in [5.74, 6) is 0.454. The highest BCUT2D eigenvalue weighted by atomic mass is 16.5. The zero-order valence-corrected chi connectivity index (χ0v) is 21.9. The van der Waals surface area contributed by atoms with Crippen LogP contribution < -0.4 is 15.0 Å². The number of aryl methyl sites for hydroxylation is 1. The molecule has 0 spiro atoms. The second-order valence-electron chi connectivity index (χ2n) is 10.7. The maximum Gasteiger partial charge on any atom is 0.246 e. The summed E-state index contributed by atoms with van der Waals surface area (Å²) in [5.41, 5.74) is 7.79. The number of carbonyl (C=O) groups excluding carboxylic acids is 2. The average Bonchev–Trinajstić information content (AvgIpc) is 2.96. The molecule has 3 aromatic carbocycles. The summed E-state index contributed by atoms with van der Waals surface area (Å²) in [6.45, 7) is 5.69. The van der Waals surface area contributed by atoms with E-state index in [1.807, 2.05) is 37.3 Å². The van der Waals surface area contributed by atoms with Crippen LogP contribution in [-0.2, 0) is 13.0 Å². The number of ether oxygens (including phenoxy) is 1. The van der Waals surface area contributed by atoms with Gasteiger partial charge in [-0.3, -0.25) is 14.5 Å². The predicted molar refractivity (Wildman–Crippen MR) is 149 cm³/mol. The van der Waals surface area contributed by atoms with Gasteiger partial charge in [-0.2, -0.15) is 0 Å². The van der Waals surface area contributed by atoms with Crippen molar-refractivity contribution in [1.82, 2.24) is 10.2 Å². The number of benzene rings is 3. The quantitative estimate of drug-likeness (QED) is 0.510. The van der Waals surface area contributed by atoms with Gasteiger partial charge in [-0.15, -0.1) is 0 Å². The molecule has 7 rings (SSSR count). The summed E-state index contributed by atoms with van der Waals surface area (Å²) in [7, 11) is 0. The smallest absolute Gasteiger partial charge is 0.246 e. The van der Waals surface area contributed by atoms with Crippen molar-refractivity contribution in [1.29, 1.82) is 0 Å². The van der Waals surface area contributed by atoms with Gasteiger partial charge in [0, 0.05) is 49.1 Å². The van der Waals surface area contributed by atoms with Crippen molar-refractivity contribution in [2.75, 3.05) is 19.6 Å². The van der Waals surface area contributed by atoms with Gasteiger partial charge in [-0.1, -0.05) is 54.6 Å². The van der Waals surface area contributed by atoms with Crippen LogP contribution in [0.25, 0.3) is 0 Å². The molecule has 0 radical (unpaired) electrons. The molecule has 194 valence electrons. The largest absolute Gasteiger partial charge is 0.468 e. The third-order valence-electron chi connectivity index (χ3n) is 8.10. The number of hydrogen-bond donors (Lipinski definition) is 2. The Morgan fingerprint density at radius 3 is 2.51 bits per heavy atom. The lowest BCUT2D eigenvalue weighted by Gasteiger charge is -2.31. The van der Waals surface area contributed by atoms with Crippen molar-refractivity contribution in [3.63, 3.8) is 0 Å². The molecule has 6 nitrogen and oxygen atoms in total. The van der Waals surface area contributed by atoms with Crippen molar-refractivity contribution in [2.24, 2.45) is 0 Å². The number of nitrogens with zero attached hydrogens (tertiary/aromatic N) is 1. The number of nitrogens with one attached hydrogen (secondary N) is 2. The van der Waals surface area contributed by atoms with E-state index in [0.29, 0.717) is 40.2 Å². The molecular formula is C33H30N3O3+. The third kappa shape index (κ3) is 4.12. The highest BCUT2D eigenvalue weighted by Gasteiger charge is 2.46. The molecule has 0 amide bonds. The predicted octanol–water partition coefficient (Wildman–Crippen LogP) is 3.22. The van der Waals surface area contributed by atoms with E-state index < -0.39 is 6.10 Å². The average molecular weight is 517 g/mol. The molecule has 0 saturated carbocycles. The summed E-state index contributed by atoms with van der Waals surface area (Å²) < 4.78 is 6.35. The van der Waals surface area contributed by atoms with Gasteiger partial charge in [0.2, 0.25) is 23.3 Å². The van der Waals surface area contributed by atoms with Crippen LogP contribution in [-0.4, -0.2) is 47.9 Å². The molecule has 2 aliphatic carbocycles. The van der Waals surface area contributed by atoms with Crippen LogP contribution in [0, 0.1) is 6.92 Å². The fraction of sp³-hybridized carbons (Fsp3) is 0.242. The van der Waals surface area contributed by atoms with Crippen LogP contribution in [0.4, 0.5) is 5.69 Å². The maximum absolute atomic E-state index is 13.8. The van der Waals surface area contributed by atoms with Crippen molar-refractivity contribution in [2.45, 2.75) is 32.4 Å². The first-order valence-corrected chi connectivity index (χ1v) is 13.7. The summed E-state index contributed by atoms with van der Waals surface area (Å²) >= 11 is 0. The van der Waals surface area contributed by atoms with E-state index in [2.05, 4.69) is 39.5 Å². The molecule has 0 saturated heterocycles. The molecule has 3 aromatic rings. The molecule has 2 aliphatic heterocycles. The number of carbonyl (C=O) groups is 2.